The first kappa shape index (κ1) is 82.9. The summed E-state index contributed by atoms with van der Waals surface area (Å²) in [6, 6.07) is 78.1. The molecule has 13 rings (SSSR count). The molecule has 0 N–H and O–H groups in total. The Hall–Kier alpha value is -7.12. The van der Waals surface area contributed by atoms with Crippen LogP contribution >= 0.6 is 15.9 Å². The molecule has 4 aliphatic rings. The summed E-state index contributed by atoms with van der Waals surface area (Å²) >= 11 is 3.60. The zero-order valence-electron chi connectivity index (χ0n) is 66.2. The third-order valence-corrected chi connectivity index (χ3v) is 25.1. The van der Waals surface area contributed by atoms with E-state index in [0.717, 1.165) is 145 Å². The van der Waals surface area contributed by atoms with Crippen molar-refractivity contribution in [1.82, 2.24) is 0 Å². The predicted molar refractivity (Wildman–Crippen MR) is 438 cm³/mol. The quantitative estimate of drug-likeness (QED) is 0.0271. The van der Waals surface area contributed by atoms with Crippen LogP contribution in [0.15, 0.2) is 223 Å². The van der Waals surface area contributed by atoms with Gasteiger partial charge in [-0.3, -0.25) is 0 Å². The minimum absolute atomic E-state index is 0.162. The number of hydrogen-bond acceptors (Lipinski definition) is 16. The molecule has 112 heavy (non-hydrogen) atoms. The standard InChI is InChI=1S/C94H108BBrO16/c1-97-61-105-87(45-49-89(50-46-87,107-63-99-3)79-29-17-73(18-30-79)75-21-33-81(34-22-75)91(109-65-101-5)53-57-93(58-54-91,111-67-103-7)83-37-41-85(95)42-38-83)77-25-13-71(14-26-77)69-9-11-70(12-10-69)72-15-27-78(28-16-72)88(106-62-98-2)47-51-90(52-48-88,108-64-100-4)80-31-19-74(20-32-80)76-23-35-82(36-24-76)92(110-66-102-6)55-59-94(60-56-92,112-68-104-8)84-39-43-86(96)44-40-84/h9-44H,45-68H2,1-8H3. The van der Waals surface area contributed by atoms with Gasteiger partial charge in [-0.25, -0.2) is 0 Å². The highest BCUT2D eigenvalue weighted by Gasteiger charge is 2.51. The largest absolute Gasteiger partial charge is 0.359 e. The molecule has 0 atom stereocenters. The van der Waals surface area contributed by atoms with E-state index in [1.807, 2.05) is 12.1 Å². The molecule has 9 aromatic carbocycles. The van der Waals surface area contributed by atoms with E-state index >= 15 is 0 Å². The van der Waals surface area contributed by atoms with Gasteiger partial charge in [0.1, 0.15) is 62.2 Å². The highest BCUT2D eigenvalue weighted by atomic mass is 79.9. The van der Waals surface area contributed by atoms with Crippen LogP contribution in [0.3, 0.4) is 0 Å². The maximum absolute atomic E-state index is 6.76. The van der Waals surface area contributed by atoms with Crippen LogP contribution < -0.4 is 5.46 Å². The summed E-state index contributed by atoms with van der Waals surface area (Å²) in [5.74, 6) is 0. The van der Waals surface area contributed by atoms with E-state index in [1.54, 1.807) is 56.9 Å². The molecule has 0 saturated heterocycles. The van der Waals surface area contributed by atoms with Crippen molar-refractivity contribution in [1.29, 1.82) is 0 Å². The number of hydrogen-bond donors (Lipinski definition) is 0. The average Bonchev–Trinajstić information content (AvgIpc) is 0.768. The molecule has 0 unspecified atom stereocenters. The van der Waals surface area contributed by atoms with E-state index in [-0.39, 0.29) is 54.3 Å². The second kappa shape index (κ2) is 37.7. The molecule has 0 spiro atoms. The van der Waals surface area contributed by atoms with Crippen LogP contribution in [-0.4, -0.2) is 119 Å². The molecular formula is C94H108BBrO16. The van der Waals surface area contributed by atoms with Crippen molar-refractivity contribution in [3.05, 3.63) is 267 Å². The van der Waals surface area contributed by atoms with Gasteiger partial charge in [0.2, 0.25) is 0 Å². The van der Waals surface area contributed by atoms with Gasteiger partial charge < -0.3 is 75.8 Å². The van der Waals surface area contributed by atoms with Crippen molar-refractivity contribution < 1.29 is 75.8 Å². The molecule has 9 aromatic rings. The molecule has 18 heteroatoms. The fourth-order valence-electron chi connectivity index (χ4n) is 17.9. The van der Waals surface area contributed by atoms with E-state index in [4.69, 9.17) is 83.6 Å². The monoisotopic (exact) mass is 1580 g/mol. The Morgan fingerprint density at radius 1 is 0.196 bits per heavy atom. The number of benzene rings is 9. The smallest absolute Gasteiger partial charge is 0.147 e. The molecule has 4 aliphatic carbocycles. The van der Waals surface area contributed by atoms with Crippen molar-refractivity contribution in [3.63, 3.8) is 0 Å². The van der Waals surface area contributed by atoms with Gasteiger partial charge >= 0.3 is 0 Å². The van der Waals surface area contributed by atoms with Gasteiger partial charge in [-0.15, -0.1) is 0 Å². The van der Waals surface area contributed by atoms with E-state index in [9.17, 15) is 0 Å². The molecule has 16 nitrogen and oxygen atoms in total. The van der Waals surface area contributed by atoms with Crippen LogP contribution in [0.4, 0.5) is 0 Å². The summed E-state index contributed by atoms with van der Waals surface area (Å²) in [5.41, 5.74) is 13.9. The Morgan fingerprint density at radius 3 is 0.446 bits per heavy atom. The summed E-state index contributed by atoms with van der Waals surface area (Å²) in [7, 11) is 19.5. The summed E-state index contributed by atoms with van der Waals surface area (Å²) < 4.78 is 98.6. The Bertz CT molecular complexity index is 4080. The van der Waals surface area contributed by atoms with Gasteiger partial charge in [0.15, 0.2) is 0 Å². The fraction of sp³-hybridized carbons (Fsp3) is 0.426. The third kappa shape index (κ3) is 18.1. The molecule has 0 bridgehead atoms. The topological polar surface area (TPSA) is 148 Å². The second-order valence-corrected chi connectivity index (χ2v) is 31.4. The van der Waals surface area contributed by atoms with Crippen LogP contribution in [0.5, 0.6) is 0 Å². The van der Waals surface area contributed by atoms with Crippen molar-refractivity contribution in [2.45, 2.75) is 148 Å². The molecule has 590 valence electrons. The maximum Gasteiger partial charge on any atom is 0.147 e. The first-order valence-electron chi connectivity index (χ1n) is 39.0. The third-order valence-electron chi connectivity index (χ3n) is 24.6. The maximum atomic E-state index is 6.76. The normalized spacial score (nSPS) is 25.4. The lowest BCUT2D eigenvalue weighted by Crippen LogP contribution is -2.43. The predicted octanol–water partition coefficient (Wildman–Crippen LogP) is 19.5. The minimum Gasteiger partial charge on any atom is -0.359 e. The van der Waals surface area contributed by atoms with Crippen molar-refractivity contribution >= 4 is 29.2 Å². The van der Waals surface area contributed by atoms with Gasteiger partial charge in [0.05, 0.1) is 44.8 Å². The molecule has 0 heterocycles. The van der Waals surface area contributed by atoms with Gasteiger partial charge in [-0.1, -0.05) is 228 Å². The number of halogens is 1. The first-order valence-corrected chi connectivity index (χ1v) is 39.8. The molecule has 0 aromatic heterocycles. The lowest BCUT2D eigenvalue weighted by Gasteiger charge is -2.46. The summed E-state index contributed by atoms with van der Waals surface area (Å²) in [6.07, 6.45) is 11.6. The second-order valence-electron chi connectivity index (χ2n) is 30.5. The van der Waals surface area contributed by atoms with Gasteiger partial charge in [0.25, 0.3) is 0 Å². The van der Waals surface area contributed by atoms with Gasteiger partial charge in [-0.05, 0) is 204 Å². The number of ether oxygens (including phenoxy) is 16. The van der Waals surface area contributed by atoms with Crippen LogP contribution in [-0.2, 0) is 121 Å². The van der Waals surface area contributed by atoms with Crippen LogP contribution in [0.1, 0.15) is 147 Å². The van der Waals surface area contributed by atoms with Crippen molar-refractivity contribution in [2.24, 2.45) is 0 Å². The molecule has 0 aliphatic heterocycles. The Morgan fingerprint density at radius 2 is 0.312 bits per heavy atom. The average molecular weight is 1580 g/mol. The molecule has 4 fully saturated rings. The highest BCUT2D eigenvalue weighted by molar-refractivity contribution is 9.10. The van der Waals surface area contributed by atoms with E-state index in [0.29, 0.717) is 56.8 Å². The summed E-state index contributed by atoms with van der Waals surface area (Å²) in [5, 5.41) is 0. The van der Waals surface area contributed by atoms with E-state index in [2.05, 4.69) is 222 Å². The Balaban J connectivity index is 0.647. The SMILES string of the molecule is [B]c1ccc(C2(OCOC)CCC(OCOC)(c3ccc(-c4ccc(C5(OCOC)CCC(OCOC)(c6ccc(-c7ccc(-c8ccc(C9(OCOC)CCC(OCOC)(c%10ccc(-c%11ccc(C%12(OCOC)CCC(OCOC)(c%13ccc(Br)cc%13)CC%12)cc%11)cc%10)CC9)cc8)cc7)cc6)CC5)cc4)cc3)CC2)cc1. The van der Waals surface area contributed by atoms with Gasteiger partial charge in [-0.2, -0.15) is 0 Å². The first-order chi connectivity index (χ1) is 54.6. The van der Waals surface area contributed by atoms with Gasteiger partial charge in [0, 0.05) is 61.4 Å². The lowest BCUT2D eigenvalue weighted by atomic mass is 9.69. The van der Waals surface area contributed by atoms with Crippen molar-refractivity contribution in [3.8, 4) is 44.5 Å². The van der Waals surface area contributed by atoms with E-state index in [1.165, 1.54) is 0 Å². The molecular weight excluding hydrogens is 1480 g/mol. The fourth-order valence-corrected chi connectivity index (χ4v) is 18.2. The van der Waals surface area contributed by atoms with Crippen molar-refractivity contribution in [2.75, 3.05) is 111 Å². The molecule has 2 radical (unpaired) electrons. The van der Waals surface area contributed by atoms with Crippen LogP contribution in [0, 0.1) is 0 Å². The number of methoxy groups -OCH3 is 8. The molecule has 0 amide bonds. The summed E-state index contributed by atoms with van der Waals surface area (Å²) in [4.78, 5) is 0. The summed E-state index contributed by atoms with van der Waals surface area (Å²) in [6.45, 7) is 1.41. The van der Waals surface area contributed by atoms with E-state index < -0.39 is 44.8 Å². The highest BCUT2D eigenvalue weighted by Crippen LogP contribution is 2.55. The van der Waals surface area contributed by atoms with Crippen LogP contribution in [0.25, 0.3) is 44.5 Å². The number of rotatable bonds is 36. The zero-order chi connectivity index (χ0) is 78.1. The Labute approximate surface area is 671 Å². The van der Waals surface area contributed by atoms with Crippen LogP contribution in [0.2, 0.25) is 0 Å². The zero-order valence-corrected chi connectivity index (χ0v) is 67.8. The minimum atomic E-state index is -0.599. The Kier molecular flexibility index (Phi) is 27.9. The molecule has 4 saturated carbocycles. The lowest BCUT2D eigenvalue weighted by molar-refractivity contribution is -0.203.